The van der Waals surface area contributed by atoms with Crippen molar-refractivity contribution in [2.24, 2.45) is 13.0 Å². The first kappa shape index (κ1) is 8.94. The molecule has 2 unspecified atom stereocenters. The second-order valence-electron chi connectivity index (χ2n) is 3.56. The van der Waals surface area contributed by atoms with Crippen molar-refractivity contribution in [2.45, 2.75) is 19.3 Å². The summed E-state index contributed by atoms with van der Waals surface area (Å²) in [6.45, 7) is 1.66. The van der Waals surface area contributed by atoms with E-state index in [-0.39, 0.29) is 11.7 Å². The number of hydrogen-bond acceptors (Lipinski definition) is 2. The number of Topliss-reactive ketones (excluding diaryl/α,β-unsaturated/α-hetero) is 1. The maximum absolute atomic E-state index is 11.1. The Kier molecular flexibility index (Phi) is 2.02. The first-order valence-corrected chi connectivity index (χ1v) is 5.08. The van der Waals surface area contributed by atoms with Crippen molar-refractivity contribution in [3.63, 3.8) is 0 Å². The van der Waals surface area contributed by atoms with E-state index in [1.165, 1.54) is 0 Å². The zero-order valence-corrected chi connectivity index (χ0v) is 9.21. The second-order valence-corrected chi connectivity index (χ2v) is 4.42. The number of rotatable bonds is 2. The van der Waals surface area contributed by atoms with Gasteiger partial charge in [0.05, 0.1) is 16.4 Å². The lowest BCUT2D eigenvalue weighted by molar-refractivity contribution is -0.118. The van der Waals surface area contributed by atoms with Gasteiger partial charge in [0.2, 0.25) is 0 Å². The molecule has 2 atom stereocenters. The van der Waals surface area contributed by atoms with Gasteiger partial charge in [-0.05, 0) is 29.3 Å². The monoisotopic (exact) mass is 242 g/mol. The van der Waals surface area contributed by atoms with E-state index in [0.717, 1.165) is 16.6 Å². The quantitative estimate of drug-likeness (QED) is 0.794. The minimum atomic E-state index is 0.228. The van der Waals surface area contributed by atoms with E-state index in [1.807, 2.05) is 11.7 Å². The van der Waals surface area contributed by atoms with E-state index in [9.17, 15) is 4.79 Å². The third kappa shape index (κ3) is 1.43. The molecular formula is C9H11BrN2O. The van der Waals surface area contributed by atoms with Gasteiger partial charge in [0.25, 0.3) is 0 Å². The molecule has 1 fully saturated rings. The molecule has 0 radical (unpaired) electrons. The molecule has 4 heteroatoms. The standard InChI is InChI=1S/C9H11BrN2O/c1-5(13)6-3-7(6)9-8(10)4-11-12(9)2/h4,6-7H,3H2,1-2H3. The van der Waals surface area contributed by atoms with E-state index in [4.69, 9.17) is 0 Å². The van der Waals surface area contributed by atoms with Crippen molar-refractivity contribution < 1.29 is 4.79 Å². The topological polar surface area (TPSA) is 34.9 Å². The summed E-state index contributed by atoms with van der Waals surface area (Å²) >= 11 is 3.44. The van der Waals surface area contributed by atoms with Gasteiger partial charge >= 0.3 is 0 Å². The minimum Gasteiger partial charge on any atom is -0.300 e. The van der Waals surface area contributed by atoms with Crippen molar-refractivity contribution >= 4 is 21.7 Å². The fraction of sp³-hybridized carbons (Fsp3) is 0.556. The lowest BCUT2D eigenvalue weighted by Gasteiger charge is -2.00. The summed E-state index contributed by atoms with van der Waals surface area (Å²) in [5.41, 5.74) is 1.15. The number of nitrogens with zero attached hydrogens (tertiary/aromatic N) is 2. The van der Waals surface area contributed by atoms with Crippen molar-refractivity contribution in [3.8, 4) is 0 Å². The van der Waals surface area contributed by atoms with Crippen LogP contribution in [0.1, 0.15) is 25.0 Å². The van der Waals surface area contributed by atoms with Crippen LogP contribution >= 0.6 is 15.9 Å². The zero-order valence-electron chi connectivity index (χ0n) is 7.62. The Hall–Kier alpha value is -0.640. The average Bonchev–Trinajstić information content (AvgIpc) is 2.76. The number of carbonyl (C=O) groups is 1. The lowest BCUT2D eigenvalue weighted by atomic mass is 10.2. The maximum atomic E-state index is 11.1. The van der Waals surface area contributed by atoms with Gasteiger partial charge in [0, 0.05) is 18.9 Å². The maximum Gasteiger partial charge on any atom is 0.133 e. The van der Waals surface area contributed by atoms with Crippen LogP contribution in [0.5, 0.6) is 0 Å². The molecule has 1 saturated carbocycles. The molecule has 1 aromatic rings. The normalized spacial score (nSPS) is 26.1. The van der Waals surface area contributed by atoms with E-state index in [0.29, 0.717) is 5.92 Å². The third-order valence-electron chi connectivity index (χ3n) is 2.60. The Morgan fingerprint density at radius 3 is 2.85 bits per heavy atom. The van der Waals surface area contributed by atoms with Crippen molar-refractivity contribution in [2.75, 3.05) is 0 Å². The Labute approximate surface area is 85.3 Å². The molecule has 0 amide bonds. The van der Waals surface area contributed by atoms with Gasteiger partial charge < -0.3 is 0 Å². The van der Waals surface area contributed by atoms with Crippen molar-refractivity contribution in [1.29, 1.82) is 0 Å². The minimum absolute atomic E-state index is 0.228. The number of ketones is 1. The summed E-state index contributed by atoms with van der Waals surface area (Å²) in [5.74, 6) is 0.907. The molecular weight excluding hydrogens is 232 g/mol. The summed E-state index contributed by atoms with van der Waals surface area (Å²) in [6.07, 6.45) is 2.76. The van der Waals surface area contributed by atoms with E-state index < -0.39 is 0 Å². The SMILES string of the molecule is CC(=O)C1CC1c1c(Br)cnn1C. The molecule has 0 aromatic carbocycles. The highest BCUT2D eigenvalue weighted by Crippen LogP contribution is 2.49. The highest BCUT2D eigenvalue weighted by Gasteiger charge is 2.44. The van der Waals surface area contributed by atoms with Crippen molar-refractivity contribution in [3.05, 3.63) is 16.4 Å². The molecule has 2 rings (SSSR count). The second kappa shape index (κ2) is 2.94. The number of halogens is 1. The Bertz CT molecular complexity index is 339. The number of carbonyl (C=O) groups excluding carboxylic acids is 1. The summed E-state index contributed by atoms with van der Waals surface area (Å²) in [5, 5.41) is 4.13. The van der Waals surface area contributed by atoms with Gasteiger partial charge in [0.15, 0.2) is 0 Å². The number of aryl methyl sites for hydroxylation is 1. The first-order valence-electron chi connectivity index (χ1n) is 4.29. The molecule has 1 aliphatic carbocycles. The zero-order chi connectivity index (χ0) is 9.59. The molecule has 70 valence electrons. The summed E-state index contributed by atoms with van der Waals surface area (Å²) in [4.78, 5) is 11.1. The largest absolute Gasteiger partial charge is 0.300 e. The number of aromatic nitrogens is 2. The highest BCUT2D eigenvalue weighted by atomic mass is 79.9. The van der Waals surface area contributed by atoms with Gasteiger partial charge in [-0.3, -0.25) is 9.48 Å². The molecule has 13 heavy (non-hydrogen) atoms. The van der Waals surface area contributed by atoms with E-state index >= 15 is 0 Å². The Morgan fingerprint density at radius 1 is 1.77 bits per heavy atom. The smallest absolute Gasteiger partial charge is 0.133 e. The van der Waals surface area contributed by atoms with Gasteiger partial charge in [-0.1, -0.05) is 0 Å². The summed E-state index contributed by atoms with van der Waals surface area (Å²) in [7, 11) is 1.91. The fourth-order valence-electron chi connectivity index (χ4n) is 1.78. The van der Waals surface area contributed by atoms with Crippen LogP contribution in [-0.4, -0.2) is 15.6 Å². The van der Waals surface area contributed by atoms with Crippen LogP contribution in [-0.2, 0) is 11.8 Å². The fourth-order valence-corrected chi connectivity index (χ4v) is 2.43. The van der Waals surface area contributed by atoms with Gasteiger partial charge in [-0.25, -0.2) is 0 Å². The van der Waals surface area contributed by atoms with Gasteiger partial charge in [-0.2, -0.15) is 5.10 Å². The van der Waals surface area contributed by atoms with Crippen LogP contribution in [0.2, 0.25) is 0 Å². The van der Waals surface area contributed by atoms with Gasteiger partial charge in [-0.15, -0.1) is 0 Å². The molecule has 1 aromatic heterocycles. The van der Waals surface area contributed by atoms with Crippen LogP contribution in [0.3, 0.4) is 0 Å². The molecule has 0 aliphatic heterocycles. The molecule has 1 aliphatic rings. The molecule has 0 N–H and O–H groups in total. The Morgan fingerprint density at radius 2 is 2.46 bits per heavy atom. The van der Waals surface area contributed by atoms with Crippen LogP contribution in [0.15, 0.2) is 10.7 Å². The predicted molar refractivity (Wildman–Crippen MR) is 52.4 cm³/mol. The first-order chi connectivity index (χ1) is 6.11. The molecule has 3 nitrogen and oxygen atoms in total. The van der Waals surface area contributed by atoms with Crippen LogP contribution in [0.25, 0.3) is 0 Å². The van der Waals surface area contributed by atoms with Crippen LogP contribution in [0, 0.1) is 5.92 Å². The lowest BCUT2D eigenvalue weighted by Crippen LogP contribution is -2.01. The number of hydrogen-bond donors (Lipinski definition) is 0. The summed E-state index contributed by atoms with van der Waals surface area (Å²) < 4.78 is 2.86. The molecule has 0 bridgehead atoms. The van der Waals surface area contributed by atoms with E-state index in [2.05, 4.69) is 21.0 Å². The third-order valence-corrected chi connectivity index (χ3v) is 3.21. The molecule has 1 heterocycles. The summed E-state index contributed by atoms with van der Waals surface area (Å²) in [6, 6.07) is 0. The predicted octanol–water partition coefficient (Wildman–Crippen LogP) is 1.88. The highest BCUT2D eigenvalue weighted by molar-refractivity contribution is 9.10. The van der Waals surface area contributed by atoms with Crippen molar-refractivity contribution in [1.82, 2.24) is 9.78 Å². The molecule has 0 saturated heterocycles. The van der Waals surface area contributed by atoms with E-state index in [1.54, 1.807) is 13.1 Å². The van der Waals surface area contributed by atoms with Gasteiger partial charge in [0.1, 0.15) is 5.78 Å². The average molecular weight is 243 g/mol. The van der Waals surface area contributed by atoms with Crippen LogP contribution < -0.4 is 0 Å². The van der Waals surface area contributed by atoms with Crippen LogP contribution in [0.4, 0.5) is 0 Å². The molecule has 0 spiro atoms. The Balaban J connectivity index is 2.24.